The molecule has 0 atom stereocenters. The van der Waals surface area contributed by atoms with Gasteiger partial charge in [0.15, 0.2) is 0 Å². The fourth-order valence-electron chi connectivity index (χ4n) is 3.87. The molecule has 2 heterocycles. The number of halogens is 2. The molecule has 3 aromatic carbocycles. The molecule has 1 fully saturated rings. The molecule has 5 rings (SSSR count). The van der Waals surface area contributed by atoms with Crippen LogP contribution in [0.2, 0.25) is 0 Å². The van der Waals surface area contributed by atoms with Crippen LogP contribution in [-0.4, -0.2) is 34.3 Å². The summed E-state index contributed by atoms with van der Waals surface area (Å²) in [6.07, 6.45) is 3.96. The molecule has 0 saturated carbocycles. The molecule has 1 saturated heterocycles. The Morgan fingerprint density at radius 2 is 1.51 bits per heavy atom. The van der Waals surface area contributed by atoms with E-state index in [4.69, 9.17) is 4.74 Å². The van der Waals surface area contributed by atoms with Gasteiger partial charge in [-0.3, -0.25) is 0 Å². The maximum absolute atomic E-state index is 6.01. The maximum Gasteiger partial charge on any atom is 0.250 e. The second-order valence-electron chi connectivity index (χ2n) is 8.43. The second-order valence-corrected chi connectivity index (χ2v) is 10.1. The molecule has 0 aliphatic carbocycles. The highest BCUT2D eigenvalue weighted by atomic mass is 79.9. The minimum Gasteiger partial charge on any atom is -0.487 e. The highest BCUT2D eigenvalue weighted by Gasteiger charge is 2.17. The van der Waals surface area contributed by atoms with E-state index in [0.29, 0.717) is 24.5 Å². The SMILES string of the molecule is Brc1cc(/C=N/Nc2nc(Nc3ccccc3)nc(N3CCCC3)n2)cc(Br)c1OCc1ccccc1. The van der Waals surface area contributed by atoms with Crippen LogP contribution in [0, 0.1) is 0 Å². The number of nitrogens with one attached hydrogen (secondary N) is 2. The first-order valence-electron chi connectivity index (χ1n) is 11.9. The van der Waals surface area contributed by atoms with Crippen LogP contribution in [0.4, 0.5) is 23.5 Å². The van der Waals surface area contributed by atoms with E-state index in [1.165, 1.54) is 0 Å². The number of aromatic nitrogens is 3. The molecule has 0 amide bonds. The molecule has 0 bridgehead atoms. The van der Waals surface area contributed by atoms with Crippen molar-refractivity contribution in [2.75, 3.05) is 28.7 Å². The van der Waals surface area contributed by atoms with E-state index in [1.807, 2.05) is 72.8 Å². The van der Waals surface area contributed by atoms with E-state index in [1.54, 1.807) is 6.21 Å². The highest BCUT2D eigenvalue weighted by molar-refractivity contribution is 9.11. The van der Waals surface area contributed by atoms with E-state index < -0.39 is 0 Å². The van der Waals surface area contributed by atoms with Crippen LogP contribution in [0.15, 0.2) is 86.8 Å². The van der Waals surface area contributed by atoms with Gasteiger partial charge in [0.05, 0.1) is 15.2 Å². The Hall–Kier alpha value is -3.50. The van der Waals surface area contributed by atoms with Crippen molar-refractivity contribution >= 4 is 61.6 Å². The second kappa shape index (κ2) is 12.2. The largest absolute Gasteiger partial charge is 0.487 e. The topological polar surface area (TPSA) is 87.6 Å². The summed E-state index contributed by atoms with van der Waals surface area (Å²) in [7, 11) is 0. The third-order valence-electron chi connectivity index (χ3n) is 5.67. The molecular formula is C27H25Br2N7O. The average Bonchev–Trinajstić information content (AvgIpc) is 3.45. The Balaban J connectivity index is 1.30. The molecule has 4 aromatic rings. The summed E-state index contributed by atoms with van der Waals surface area (Å²) in [6.45, 7) is 2.33. The summed E-state index contributed by atoms with van der Waals surface area (Å²) in [6, 6.07) is 23.8. The van der Waals surface area contributed by atoms with Gasteiger partial charge in [-0.25, -0.2) is 5.43 Å². The van der Waals surface area contributed by atoms with Crippen molar-refractivity contribution in [3.05, 3.63) is 92.9 Å². The van der Waals surface area contributed by atoms with Gasteiger partial charge in [-0.2, -0.15) is 20.1 Å². The summed E-state index contributed by atoms with van der Waals surface area (Å²) < 4.78 is 7.66. The lowest BCUT2D eigenvalue weighted by Crippen LogP contribution is -2.21. The molecule has 2 N–H and O–H groups in total. The molecule has 0 radical (unpaired) electrons. The van der Waals surface area contributed by atoms with Gasteiger partial charge in [0, 0.05) is 18.8 Å². The predicted molar refractivity (Wildman–Crippen MR) is 155 cm³/mol. The van der Waals surface area contributed by atoms with E-state index in [2.05, 4.69) is 67.6 Å². The third-order valence-corrected chi connectivity index (χ3v) is 6.85. The Morgan fingerprint density at radius 3 is 2.22 bits per heavy atom. The third kappa shape index (κ3) is 6.84. The van der Waals surface area contributed by atoms with Crippen LogP contribution in [0.3, 0.4) is 0 Å². The fourth-order valence-corrected chi connectivity index (χ4v) is 5.32. The first-order valence-corrected chi connectivity index (χ1v) is 13.5. The van der Waals surface area contributed by atoms with Gasteiger partial charge in [0.25, 0.3) is 0 Å². The molecule has 37 heavy (non-hydrogen) atoms. The van der Waals surface area contributed by atoms with E-state index in [9.17, 15) is 0 Å². The average molecular weight is 623 g/mol. The van der Waals surface area contributed by atoms with Gasteiger partial charge in [0.1, 0.15) is 12.4 Å². The summed E-state index contributed by atoms with van der Waals surface area (Å²) in [5, 5.41) is 7.63. The van der Waals surface area contributed by atoms with E-state index >= 15 is 0 Å². The van der Waals surface area contributed by atoms with Crippen molar-refractivity contribution in [2.24, 2.45) is 5.10 Å². The zero-order chi connectivity index (χ0) is 25.5. The lowest BCUT2D eigenvalue weighted by atomic mass is 10.2. The Labute approximate surface area is 232 Å². The van der Waals surface area contributed by atoms with Gasteiger partial charge in [0.2, 0.25) is 17.8 Å². The van der Waals surface area contributed by atoms with Crippen molar-refractivity contribution in [3.63, 3.8) is 0 Å². The summed E-state index contributed by atoms with van der Waals surface area (Å²) in [5.74, 6) is 2.20. The summed E-state index contributed by atoms with van der Waals surface area (Å²) in [5.41, 5.74) is 5.83. The Morgan fingerprint density at radius 1 is 0.865 bits per heavy atom. The zero-order valence-electron chi connectivity index (χ0n) is 19.9. The van der Waals surface area contributed by atoms with Crippen molar-refractivity contribution in [3.8, 4) is 5.75 Å². The molecule has 10 heteroatoms. The van der Waals surface area contributed by atoms with E-state index in [-0.39, 0.29) is 0 Å². The lowest BCUT2D eigenvalue weighted by Gasteiger charge is -2.16. The molecule has 0 spiro atoms. The standard InChI is InChI=1S/C27H25Br2N7O/c28-22-15-20(16-23(29)24(22)37-18-19-9-3-1-4-10-19)17-30-35-26-32-25(31-21-11-5-2-6-12-21)33-27(34-26)36-13-7-8-14-36/h1-6,9-12,15-17H,7-8,13-14,18H2,(H2,31,32,33,34,35)/b30-17+. The number of rotatable bonds is 9. The van der Waals surface area contributed by atoms with Crippen molar-refractivity contribution in [1.82, 2.24) is 15.0 Å². The molecular weight excluding hydrogens is 598 g/mol. The van der Waals surface area contributed by atoms with Crippen LogP contribution in [0.5, 0.6) is 5.75 Å². The van der Waals surface area contributed by atoms with Crippen molar-refractivity contribution in [1.29, 1.82) is 0 Å². The first-order chi connectivity index (χ1) is 18.1. The number of benzene rings is 3. The Bertz CT molecular complexity index is 1340. The minimum absolute atomic E-state index is 0.368. The predicted octanol–water partition coefficient (Wildman–Crippen LogP) is 6.77. The van der Waals surface area contributed by atoms with Gasteiger partial charge in [-0.15, -0.1) is 0 Å². The molecule has 1 aromatic heterocycles. The normalized spacial score (nSPS) is 13.2. The number of nitrogens with zero attached hydrogens (tertiary/aromatic N) is 5. The highest BCUT2D eigenvalue weighted by Crippen LogP contribution is 2.35. The number of para-hydroxylation sites is 1. The quantitative estimate of drug-likeness (QED) is 0.157. The van der Waals surface area contributed by atoms with Crippen LogP contribution in [0.25, 0.3) is 0 Å². The first kappa shape index (κ1) is 25.2. The lowest BCUT2D eigenvalue weighted by molar-refractivity contribution is 0.302. The van der Waals surface area contributed by atoms with Crippen LogP contribution in [-0.2, 0) is 6.61 Å². The maximum atomic E-state index is 6.01. The van der Waals surface area contributed by atoms with Gasteiger partial charge < -0.3 is 15.0 Å². The summed E-state index contributed by atoms with van der Waals surface area (Å²) in [4.78, 5) is 15.9. The van der Waals surface area contributed by atoms with E-state index in [0.717, 1.165) is 57.4 Å². The molecule has 0 unspecified atom stereocenters. The zero-order valence-corrected chi connectivity index (χ0v) is 23.1. The van der Waals surface area contributed by atoms with Crippen molar-refractivity contribution in [2.45, 2.75) is 19.4 Å². The number of ether oxygens (including phenoxy) is 1. The van der Waals surface area contributed by atoms with Crippen LogP contribution in [0.1, 0.15) is 24.0 Å². The number of hydrogen-bond acceptors (Lipinski definition) is 8. The molecule has 1 aliphatic heterocycles. The van der Waals surface area contributed by atoms with Gasteiger partial charge in [-0.1, -0.05) is 48.5 Å². The Kier molecular flexibility index (Phi) is 8.27. The van der Waals surface area contributed by atoms with Crippen LogP contribution < -0.4 is 20.4 Å². The van der Waals surface area contributed by atoms with Gasteiger partial charge in [-0.05, 0) is 80.1 Å². The molecule has 1 aliphatic rings. The number of anilines is 4. The minimum atomic E-state index is 0.368. The molecule has 188 valence electrons. The number of hydrogen-bond donors (Lipinski definition) is 2. The molecule has 8 nitrogen and oxygen atoms in total. The van der Waals surface area contributed by atoms with Crippen LogP contribution >= 0.6 is 31.9 Å². The number of hydrazone groups is 1. The fraction of sp³-hybridized carbons (Fsp3) is 0.185. The smallest absolute Gasteiger partial charge is 0.250 e. The van der Waals surface area contributed by atoms with Gasteiger partial charge >= 0.3 is 0 Å². The monoisotopic (exact) mass is 621 g/mol. The summed E-state index contributed by atoms with van der Waals surface area (Å²) >= 11 is 7.23. The van der Waals surface area contributed by atoms with Crippen molar-refractivity contribution < 1.29 is 4.74 Å².